The van der Waals surface area contributed by atoms with Crippen LogP contribution in [0.15, 0.2) is 0 Å². The van der Waals surface area contributed by atoms with Gasteiger partial charge in [0.15, 0.2) is 0 Å². The van der Waals surface area contributed by atoms with E-state index in [1.807, 2.05) is 18.2 Å². The molecule has 0 bridgehead atoms. The maximum absolute atomic E-state index is 11.4. The van der Waals surface area contributed by atoms with Crippen LogP contribution in [-0.4, -0.2) is 36.4 Å². The second-order valence-electron chi connectivity index (χ2n) is 3.86. The zero-order valence-electron chi connectivity index (χ0n) is 8.58. The molecular weight excluding hydrogens is 182 g/mol. The summed E-state index contributed by atoms with van der Waals surface area (Å²) >= 11 is 1.60. The van der Waals surface area contributed by atoms with E-state index in [4.69, 9.17) is 0 Å². The molecule has 3 heteroatoms. The Labute approximate surface area is 85.1 Å². The third-order valence-corrected chi connectivity index (χ3v) is 3.24. The molecule has 0 aliphatic heterocycles. The molecule has 1 fully saturated rings. The fraction of sp³-hybridized carbons (Fsp3) is 0.900. The van der Waals surface area contributed by atoms with Gasteiger partial charge in [-0.3, -0.25) is 4.79 Å². The van der Waals surface area contributed by atoms with Crippen LogP contribution in [-0.2, 0) is 4.79 Å². The average Bonchev–Trinajstić information content (AvgIpc) is 2.57. The predicted molar refractivity (Wildman–Crippen MR) is 58.0 cm³/mol. The molecule has 0 heterocycles. The highest BCUT2D eigenvalue weighted by atomic mass is 32.2. The van der Waals surface area contributed by atoms with E-state index in [0.717, 1.165) is 12.5 Å². The van der Waals surface area contributed by atoms with E-state index in [1.165, 1.54) is 25.7 Å². The minimum Gasteiger partial charge on any atom is -0.345 e. The first-order chi connectivity index (χ1) is 6.24. The van der Waals surface area contributed by atoms with Crippen LogP contribution in [0.3, 0.4) is 0 Å². The summed E-state index contributed by atoms with van der Waals surface area (Å²) in [5, 5.41) is 0. The van der Waals surface area contributed by atoms with Crippen LogP contribution >= 0.6 is 11.8 Å². The van der Waals surface area contributed by atoms with Gasteiger partial charge in [-0.2, -0.15) is 11.8 Å². The summed E-state index contributed by atoms with van der Waals surface area (Å²) in [6.07, 6.45) is 7.32. The normalized spacial score (nSPS) is 17.7. The summed E-state index contributed by atoms with van der Waals surface area (Å²) in [5.74, 6) is 1.68. The fourth-order valence-corrected chi connectivity index (χ4v) is 2.38. The number of amides is 1. The molecule has 13 heavy (non-hydrogen) atoms. The van der Waals surface area contributed by atoms with Gasteiger partial charge in [-0.15, -0.1) is 0 Å². The standard InChI is InChI=1S/C10H19NOS/c1-11(10(12)8-13-2)7-9-5-3-4-6-9/h9H,3-8H2,1-2H3. The number of carbonyl (C=O) groups excluding carboxylic acids is 1. The van der Waals surface area contributed by atoms with Gasteiger partial charge in [0.1, 0.15) is 0 Å². The zero-order chi connectivity index (χ0) is 9.68. The maximum atomic E-state index is 11.4. The van der Waals surface area contributed by atoms with Crippen molar-refractivity contribution in [2.45, 2.75) is 25.7 Å². The molecule has 76 valence electrons. The minimum absolute atomic E-state index is 0.277. The van der Waals surface area contributed by atoms with Crippen molar-refractivity contribution in [2.24, 2.45) is 5.92 Å². The fourth-order valence-electron chi connectivity index (χ4n) is 1.92. The molecule has 0 aromatic heterocycles. The maximum Gasteiger partial charge on any atom is 0.232 e. The zero-order valence-corrected chi connectivity index (χ0v) is 9.40. The second kappa shape index (κ2) is 5.53. The third-order valence-electron chi connectivity index (χ3n) is 2.70. The molecule has 0 spiro atoms. The van der Waals surface area contributed by atoms with Crippen molar-refractivity contribution < 1.29 is 4.79 Å². The molecule has 0 aromatic carbocycles. The summed E-state index contributed by atoms with van der Waals surface area (Å²) in [7, 11) is 1.93. The van der Waals surface area contributed by atoms with Crippen LogP contribution in [0.1, 0.15) is 25.7 Å². The molecule has 0 saturated heterocycles. The molecule has 1 saturated carbocycles. The van der Waals surface area contributed by atoms with Gasteiger partial charge in [0.2, 0.25) is 5.91 Å². The van der Waals surface area contributed by atoms with Crippen molar-refractivity contribution in [1.82, 2.24) is 4.90 Å². The predicted octanol–water partition coefficient (Wildman–Crippen LogP) is 2.00. The van der Waals surface area contributed by atoms with Crippen LogP contribution in [0.4, 0.5) is 0 Å². The lowest BCUT2D eigenvalue weighted by Crippen LogP contribution is -2.32. The van der Waals surface area contributed by atoms with E-state index >= 15 is 0 Å². The molecule has 0 aromatic rings. The summed E-state index contributed by atoms with van der Waals surface area (Å²) < 4.78 is 0. The van der Waals surface area contributed by atoms with Gasteiger partial charge in [0.05, 0.1) is 5.75 Å². The number of hydrogen-bond acceptors (Lipinski definition) is 2. The van der Waals surface area contributed by atoms with Gasteiger partial charge in [-0.1, -0.05) is 12.8 Å². The second-order valence-corrected chi connectivity index (χ2v) is 4.72. The van der Waals surface area contributed by atoms with Gasteiger partial charge in [-0.05, 0) is 25.0 Å². The summed E-state index contributed by atoms with van der Waals surface area (Å²) in [4.78, 5) is 13.3. The number of nitrogens with zero attached hydrogens (tertiary/aromatic N) is 1. The van der Waals surface area contributed by atoms with Crippen molar-refractivity contribution in [3.8, 4) is 0 Å². The van der Waals surface area contributed by atoms with Crippen molar-refractivity contribution in [3.63, 3.8) is 0 Å². The molecule has 2 nitrogen and oxygen atoms in total. The summed E-state index contributed by atoms with van der Waals surface area (Å²) in [6, 6.07) is 0. The molecule has 0 N–H and O–H groups in total. The first-order valence-electron chi connectivity index (χ1n) is 4.97. The van der Waals surface area contributed by atoms with E-state index in [-0.39, 0.29) is 5.91 Å². The monoisotopic (exact) mass is 201 g/mol. The lowest BCUT2D eigenvalue weighted by atomic mass is 10.1. The largest absolute Gasteiger partial charge is 0.345 e. The highest BCUT2D eigenvalue weighted by molar-refractivity contribution is 7.99. The van der Waals surface area contributed by atoms with E-state index in [9.17, 15) is 4.79 Å². The van der Waals surface area contributed by atoms with Gasteiger partial charge >= 0.3 is 0 Å². The number of hydrogen-bond donors (Lipinski definition) is 0. The van der Waals surface area contributed by atoms with Gasteiger partial charge in [0.25, 0.3) is 0 Å². The van der Waals surface area contributed by atoms with Gasteiger partial charge in [-0.25, -0.2) is 0 Å². The van der Waals surface area contributed by atoms with Gasteiger partial charge < -0.3 is 4.90 Å². The Hall–Kier alpha value is -0.180. The Morgan fingerprint density at radius 1 is 1.46 bits per heavy atom. The third kappa shape index (κ3) is 3.59. The molecule has 1 aliphatic rings. The Morgan fingerprint density at radius 3 is 2.62 bits per heavy atom. The lowest BCUT2D eigenvalue weighted by Gasteiger charge is -2.20. The molecular formula is C10H19NOS. The average molecular weight is 201 g/mol. The number of carbonyl (C=O) groups is 1. The highest BCUT2D eigenvalue weighted by Crippen LogP contribution is 2.25. The quantitative estimate of drug-likeness (QED) is 0.693. The van der Waals surface area contributed by atoms with E-state index in [0.29, 0.717) is 5.75 Å². The molecule has 0 unspecified atom stereocenters. The van der Waals surface area contributed by atoms with Gasteiger partial charge in [0, 0.05) is 13.6 Å². The highest BCUT2D eigenvalue weighted by Gasteiger charge is 2.18. The van der Waals surface area contributed by atoms with Crippen LogP contribution in [0.5, 0.6) is 0 Å². The molecule has 0 atom stereocenters. The first-order valence-corrected chi connectivity index (χ1v) is 6.36. The van der Waals surface area contributed by atoms with Crippen molar-refractivity contribution in [1.29, 1.82) is 0 Å². The van der Waals surface area contributed by atoms with E-state index in [1.54, 1.807) is 11.8 Å². The lowest BCUT2D eigenvalue weighted by molar-refractivity contribution is -0.127. The van der Waals surface area contributed by atoms with E-state index in [2.05, 4.69) is 0 Å². The van der Waals surface area contributed by atoms with Crippen molar-refractivity contribution >= 4 is 17.7 Å². The molecule has 1 rings (SSSR count). The molecule has 0 radical (unpaired) electrons. The number of thioether (sulfide) groups is 1. The Balaban J connectivity index is 2.22. The summed E-state index contributed by atoms with van der Waals surface area (Å²) in [6.45, 7) is 0.972. The number of rotatable bonds is 4. The Kier molecular flexibility index (Phi) is 4.64. The first kappa shape index (κ1) is 10.9. The Bertz CT molecular complexity index is 166. The van der Waals surface area contributed by atoms with Crippen molar-refractivity contribution in [3.05, 3.63) is 0 Å². The van der Waals surface area contributed by atoms with Crippen LogP contribution in [0.2, 0.25) is 0 Å². The van der Waals surface area contributed by atoms with E-state index < -0.39 is 0 Å². The van der Waals surface area contributed by atoms with Crippen LogP contribution in [0.25, 0.3) is 0 Å². The van der Waals surface area contributed by atoms with Crippen molar-refractivity contribution in [2.75, 3.05) is 25.6 Å². The topological polar surface area (TPSA) is 20.3 Å². The molecule has 1 amide bonds. The SMILES string of the molecule is CSCC(=O)N(C)CC1CCCC1. The summed E-state index contributed by atoms with van der Waals surface area (Å²) in [5.41, 5.74) is 0. The Morgan fingerprint density at radius 2 is 2.08 bits per heavy atom. The van der Waals surface area contributed by atoms with Crippen LogP contribution < -0.4 is 0 Å². The van der Waals surface area contributed by atoms with Crippen LogP contribution in [0, 0.1) is 5.92 Å². The smallest absolute Gasteiger partial charge is 0.232 e. The minimum atomic E-state index is 0.277. The molecule has 1 aliphatic carbocycles.